The van der Waals surface area contributed by atoms with Crippen LogP contribution >= 0.6 is 0 Å². The van der Waals surface area contributed by atoms with Crippen LogP contribution in [0.25, 0.3) is 0 Å². The molecule has 0 amide bonds. The van der Waals surface area contributed by atoms with E-state index in [0.29, 0.717) is 11.5 Å². The summed E-state index contributed by atoms with van der Waals surface area (Å²) in [4.78, 5) is 7.18. The van der Waals surface area contributed by atoms with Gasteiger partial charge in [-0.3, -0.25) is 4.99 Å². The summed E-state index contributed by atoms with van der Waals surface area (Å²) < 4.78 is 5.65. The average Bonchev–Trinajstić information content (AvgIpc) is 2.85. The molecule has 2 rings (SSSR count). The van der Waals surface area contributed by atoms with Gasteiger partial charge in [-0.1, -0.05) is 13.8 Å². The number of hydrogen-bond donors (Lipinski definition) is 1. The van der Waals surface area contributed by atoms with Gasteiger partial charge in [-0.05, 0) is 33.6 Å². The second kappa shape index (κ2) is 5.31. The van der Waals surface area contributed by atoms with Gasteiger partial charge in [0.25, 0.3) is 0 Å². The van der Waals surface area contributed by atoms with Crippen molar-refractivity contribution in [3.8, 4) is 0 Å². The Hall–Kier alpha value is -0.770. The predicted octanol–water partition coefficient (Wildman–Crippen LogP) is 2.25. The van der Waals surface area contributed by atoms with Crippen molar-refractivity contribution in [3.05, 3.63) is 0 Å². The highest BCUT2D eigenvalue weighted by Gasteiger charge is 2.53. The van der Waals surface area contributed by atoms with E-state index in [-0.39, 0.29) is 5.54 Å². The van der Waals surface area contributed by atoms with E-state index in [0.717, 1.165) is 38.6 Å². The molecule has 0 aromatic heterocycles. The first kappa shape index (κ1) is 14.6. The van der Waals surface area contributed by atoms with Crippen molar-refractivity contribution in [3.63, 3.8) is 0 Å². The minimum atomic E-state index is 0.157. The molecule has 19 heavy (non-hydrogen) atoms. The Morgan fingerprint density at radius 1 is 1.37 bits per heavy atom. The van der Waals surface area contributed by atoms with Crippen LogP contribution in [0.5, 0.6) is 0 Å². The van der Waals surface area contributed by atoms with E-state index >= 15 is 0 Å². The lowest BCUT2D eigenvalue weighted by atomic mass is 9.65. The Bertz CT molecular complexity index is 343. The summed E-state index contributed by atoms with van der Waals surface area (Å²) in [6.07, 6.45) is 2.66. The average molecular weight is 267 g/mol. The van der Waals surface area contributed by atoms with Crippen molar-refractivity contribution in [2.75, 3.05) is 26.2 Å². The summed E-state index contributed by atoms with van der Waals surface area (Å²) >= 11 is 0. The Balaban J connectivity index is 2.02. The van der Waals surface area contributed by atoms with Crippen LogP contribution in [0.15, 0.2) is 4.99 Å². The molecule has 4 nitrogen and oxygen atoms in total. The fraction of sp³-hybridized carbons (Fsp3) is 0.933. The zero-order valence-corrected chi connectivity index (χ0v) is 13.1. The van der Waals surface area contributed by atoms with E-state index in [2.05, 4.69) is 44.8 Å². The fourth-order valence-corrected chi connectivity index (χ4v) is 2.77. The molecule has 0 aromatic rings. The molecule has 4 heteroatoms. The number of rotatable bonds is 3. The van der Waals surface area contributed by atoms with Crippen molar-refractivity contribution in [1.82, 2.24) is 10.2 Å². The topological polar surface area (TPSA) is 36.9 Å². The minimum absolute atomic E-state index is 0.157. The van der Waals surface area contributed by atoms with Crippen molar-refractivity contribution >= 4 is 5.96 Å². The molecule has 0 radical (unpaired) electrons. The van der Waals surface area contributed by atoms with Crippen LogP contribution in [0.1, 0.15) is 47.5 Å². The van der Waals surface area contributed by atoms with Crippen LogP contribution in [0.3, 0.4) is 0 Å². The lowest BCUT2D eigenvalue weighted by Gasteiger charge is -2.62. The van der Waals surface area contributed by atoms with Gasteiger partial charge < -0.3 is 15.0 Å². The SMILES string of the molecule is CCNC(=NCC1CCCO1)N1CC(C)(C)C1(C)C. The van der Waals surface area contributed by atoms with Crippen LogP contribution in [0.2, 0.25) is 0 Å². The smallest absolute Gasteiger partial charge is 0.194 e. The summed E-state index contributed by atoms with van der Waals surface area (Å²) in [5.74, 6) is 1.04. The van der Waals surface area contributed by atoms with Crippen LogP contribution < -0.4 is 5.32 Å². The van der Waals surface area contributed by atoms with Crippen LogP contribution in [-0.2, 0) is 4.74 Å². The molecular weight excluding hydrogens is 238 g/mol. The zero-order chi connectivity index (χ0) is 14.1. The fourth-order valence-electron chi connectivity index (χ4n) is 2.77. The summed E-state index contributed by atoms with van der Waals surface area (Å²) in [7, 11) is 0. The van der Waals surface area contributed by atoms with Gasteiger partial charge in [-0.25, -0.2) is 0 Å². The van der Waals surface area contributed by atoms with Crippen molar-refractivity contribution in [2.24, 2.45) is 10.4 Å². The molecule has 0 aliphatic carbocycles. The monoisotopic (exact) mass is 267 g/mol. The van der Waals surface area contributed by atoms with E-state index in [4.69, 9.17) is 9.73 Å². The molecule has 2 heterocycles. The van der Waals surface area contributed by atoms with Crippen LogP contribution in [0, 0.1) is 5.41 Å². The molecule has 1 unspecified atom stereocenters. The molecule has 2 aliphatic rings. The van der Waals surface area contributed by atoms with Gasteiger partial charge >= 0.3 is 0 Å². The molecule has 2 fully saturated rings. The molecule has 0 aromatic carbocycles. The number of ether oxygens (including phenoxy) is 1. The summed E-state index contributed by atoms with van der Waals surface area (Å²) in [6.45, 7) is 15.0. The normalized spacial score (nSPS) is 29.2. The third-order valence-electron chi connectivity index (χ3n) is 4.94. The van der Waals surface area contributed by atoms with Crippen molar-refractivity contribution in [2.45, 2.75) is 59.1 Å². The Kier molecular flexibility index (Phi) is 4.09. The highest BCUT2D eigenvalue weighted by Crippen LogP contribution is 2.46. The highest BCUT2D eigenvalue weighted by molar-refractivity contribution is 5.82. The Morgan fingerprint density at radius 2 is 2.11 bits per heavy atom. The molecule has 2 aliphatic heterocycles. The van der Waals surface area contributed by atoms with Gasteiger partial charge in [0.1, 0.15) is 0 Å². The number of likely N-dealkylation sites (tertiary alicyclic amines) is 1. The number of nitrogens with zero attached hydrogens (tertiary/aromatic N) is 2. The van der Waals surface area contributed by atoms with Crippen LogP contribution in [0.4, 0.5) is 0 Å². The highest BCUT2D eigenvalue weighted by atomic mass is 16.5. The van der Waals surface area contributed by atoms with E-state index in [1.165, 1.54) is 6.42 Å². The van der Waals surface area contributed by atoms with Gasteiger partial charge in [0.2, 0.25) is 0 Å². The van der Waals surface area contributed by atoms with Crippen molar-refractivity contribution in [1.29, 1.82) is 0 Å². The van der Waals surface area contributed by atoms with E-state index in [1.54, 1.807) is 0 Å². The van der Waals surface area contributed by atoms with Crippen molar-refractivity contribution < 1.29 is 4.74 Å². The Morgan fingerprint density at radius 3 is 2.58 bits per heavy atom. The first-order valence-electron chi connectivity index (χ1n) is 7.56. The molecule has 110 valence electrons. The van der Waals surface area contributed by atoms with E-state index < -0.39 is 0 Å². The van der Waals surface area contributed by atoms with Gasteiger partial charge in [-0.2, -0.15) is 0 Å². The van der Waals surface area contributed by atoms with Gasteiger partial charge in [-0.15, -0.1) is 0 Å². The maximum Gasteiger partial charge on any atom is 0.194 e. The molecule has 2 saturated heterocycles. The summed E-state index contributed by atoms with van der Waals surface area (Å²) in [6, 6.07) is 0. The molecule has 0 bridgehead atoms. The number of hydrogen-bond acceptors (Lipinski definition) is 2. The Labute approximate surface area is 117 Å². The third-order valence-corrected chi connectivity index (χ3v) is 4.94. The third kappa shape index (κ3) is 2.73. The van der Waals surface area contributed by atoms with E-state index in [9.17, 15) is 0 Å². The summed E-state index contributed by atoms with van der Waals surface area (Å²) in [5, 5.41) is 3.42. The zero-order valence-electron chi connectivity index (χ0n) is 13.1. The largest absolute Gasteiger partial charge is 0.376 e. The first-order valence-corrected chi connectivity index (χ1v) is 7.56. The lowest BCUT2D eigenvalue weighted by molar-refractivity contribution is -0.0669. The quantitative estimate of drug-likeness (QED) is 0.629. The van der Waals surface area contributed by atoms with E-state index in [1.807, 2.05) is 0 Å². The first-order chi connectivity index (χ1) is 8.88. The van der Waals surface area contributed by atoms with Gasteiger partial charge in [0.05, 0.1) is 12.6 Å². The second-order valence-electron chi connectivity index (χ2n) is 6.86. The predicted molar refractivity (Wildman–Crippen MR) is 79.5 cm³/mol. The molecule has 0 saturated carbocycles. The molecular formula is C15H29N3O. The molecule has 1 N–H and O–H groups in total. The molecule has 1 atom stereocenters. The summed E-state index contributed by atoms with van der Waals surface area (Å²) in [5.41, 5.74) is 0.498. The van der Waals surface area contributed by atoms with Gasteiger partial charge in [0.15, 0.2) is 5.96 Å². The minimum Gasteiger partial charge on any atom is -0.376 e. The number of guanidine groups is 1. The lowest BCUT2D eigenvalue weighted by Crippen LogP contribution is -2.72. The second-order valence-corrected chi connectivity index (χ2v) is 6.86. The standard InChI is InChI=1S/C15H29N3O/c1-6-16-13(17-10-12-8-7-9-19-12)18-11-14(2,3)15(18,4)5/h12H,6-11H2,1-5H3,(H,16,17). The maximum atomic E-state index is 5.65. The number of nitrogens with one attached hydrogen (secondary N) is 1. The molecule has 0 spiro atoms. The maximum absolute atomic E-state index is 5.65. The number of aliphatic imine (C=N–C) groups is 1. The van der Waals surface area contributed by atoms with Gasteiger partial charge in [0, 0.05) is 30.7 Å². The van der Waals surface area contributed by atoms with Crippen LogP contribution in [-0.4, -0.2) is 48.7 Å².